The lowest BCUT2D eigenvalue weighted by Gasteiger charge is -2.09. The maximum absolute atomic E-state index is 5.90. The van der Waals surface area contributed by atoms with E-state index in [1.54, 1.807) is 0 Å². The Morgan fingerprint density at radius 1 is 1.47 bits per heavy atom. The van der Waals surface area contributed by atoms with Crippen LogP contribution in [0.15, 0.2) is 24.3 Å². The number of hydrogen-bond donors (Lipinski definition) is 1. The Balaban J connectivity index is 2.20. The highest BCUT2D eigenvalue weighted by Crippen LogP contribution is 2.11. The zero-order valence-electron chi connectivity index (χ0n) is 9.29. The minimum atomic E-state index is 0.733. The zero-order chi connectivity index (χ0) is 11.1. The molecule has 84 valence electrons. The van der Waals surface area contributed by atoms with Gasteiger partial charge in [0.1, 0.15) is 0 Å². The fourth-order valence-electron chi connectivity index (χ4n) is 1.30. The van der Waals surface area contributed by atoms with Gasteiger partial charge in [0.05, 0.1) is 0 Å². The first-order valence-electron chi connectivity index (χ1n) is 5.20. The minimum Gasteiger partial charge on any atom is -0.313 e. The fourth-order valence-corrected chi connectivity index (χ4v) is 1.87. The molecule has 0 aliphatic heterocycles. The Bertz CT molecular complexity index is 291. The van der Waals surface area contributed by atoms with Crippen molar-refractivity contribution in [2.75, 3.05) is 12.8 Å². The number of nitrogens with one attached hydrogen (secondary N) is 1. The molecule has 1 atom stereocenters. The van der Waals surface area contributed by atoms with Crippen molar-refractivity contribution in [3.05, 3.63) is 34.9 Å². The molecule has 0 aliphatic rings. The number of thioether (sulfide) groups is 1. The average molecular weight is 244 g/mol. The first-order valence-corrected chi connectivity index (χ1v) is 6.87. The molecule has 1 rings (SSSR count). The maximum Gasteiger partial charge on any atom is 0.0409 e. The van der Waals surface area contributed by atoms with Gasteiger partial charge < -0.3 is 5.32 Å². The summed E-state index contributed by atoms with van der Waals surface area (Å²) in [5.74, 6) is 0. The summed E-state index contributed by atoms with van der Waals surface area (Å²) >= 11 is 7.81. The van der Waals surface area contributed by atoms with Crippen LogP contribution in [0.4, 0.5) is 0 Å². The van der Waals surface area contributed by atoms with Crippen LogP contribution in [0.2, 0.25) is 5.02 Å². The van der Waals surface area contributed by atoms with E-state index in [2.05, 4.69) is 24.6 Å². The molecule has 0 heterocycles. The van der Waals surface area contributed by atoms with E-state index < -0.39 is 0 Å². The van der Waals surface area contributed by atoms with Gasteiger partial charge >= 0.3 is 0 Å². The molecule has 0 fully saturated rings. The molecule has 1 N–H and O–H groups in total. The van der Waals surface area contributed by atoms with Crippen LogP contribution in [0.3, 0.4) is 0 Å². The average Bonchev–Trinajstić information content (AvgIpc) is 2.24. The molecule has 1 unspecified atom stereocenters. The van der Waals surface area contributed by atoms with E-state index in [1.807, 2.05) is 30.0 Å². The van der Waals surface area contributed by atoms with Gasteiger partial charge in [-0.2, -0.15) is 11.8 Å². The summed E-state index contributed by atoms with van der Waals surface area (Å²) in [5.41, 5.74) is 1.25. The predicted octanol–water partition coefficient (Wildman–Crippen LogP) is 3.57. The molecule has 3 heteroatoms. The van der Waals surface area contributed by atoms with E-state index in [-0.39, 0.29) is 0 Å². The quantitative estimate of drug-likeness (QED) is 0.767. The Hall–Kier alpha value is -0.180. The molecule has 0 aromatic heterocycles. The monoisotopic (exact) mass is 243 g/mol. The topological polar surface area (TPSA) is 12.0 Å². The van der Waals surface area contributed by atoms with Gasteiger partial charge in [-0.1, -0.05) is 30.7 Å². The summed E-state index contributed by atoms with van der Waals surface area (Å²) in [7, 11) is 0. The van der Waals surface area contributed by atoms with Crippen molar-refractivity contribution in [3.8, 4) is 0 Å². The largest absolute Gasteiger partial charge is 0.313 e. The highest BCUT2D eigenvalue weighted by molar-refractivity contribution is 7.99. The molecule has 0 saturated heterocycles. The van der Waals surface area contributed by atoms with Gasteiger partial charge in [0.2, 0.25) is 0 Å². The van der Waals surface area contributed by atoms with Gasteiger partial charge in [-0.15, -0.1) is 0 Å². The third-order valence-corrected chi connectivity index (χ3v) is 3.62. The fraction of sp³-hybridized carbons (Fsp3) is 0.500. The molecule has 15 heavy (non-hydrogen) atoms. The molecule has 1 nitrogen and oxygen atoms in total. The third kappa shape index (κ3) is 5.45. The van der Waals surface area contributed by atoms with Crippen molar-refractivity contribution in [2.24, 2.45) is 0 Å². The highest BCUT2D eigenvalue weighted by Gasteiger charge is 1.98. The van der Waals surface area contributed by atoms with E-state index in [9.17, 15) is 0 Å². The Kier molecular flexibility index (Phi) is 6.15. The molecule has 0 spiro atoms. The first kappa shape index (κ1) is 12.9. The Morgan fingerprint density at radius 2 is 2.27 bits per heavy atom. The molecular formula is C12H18ClNS. The lowest BCUT2D eigenvalue weighted by atomic mass is 10.2. The second-order valence-corrected chi connectivity index (χ2v) is 5.35. The summed E-state index contributed by atoms with van der Waals surface area (Å²) in [6, 6.07) is 7.99. The van der Waals surface area contributed by atoms with Crippen LogP contribution in [-0.2, 0) is 6.54 Å². The summed E-state index contributed by atoms with van der Waals surface area (Å²) < 4.78 is 0. The highest BCUT2D eigenvalue weighted by atomic mass is 35.5. The predicted molar refractivity (Wildman–Crippen MR) is 70.8 cm³/mol. The van der Waals surface area contributed by atoms with Gasteiger partial charge in [-0.25, -0.2) is 0 Å². The van der Waals surface area contributed by atoms with E-state index >= 15 is 0 Å². The molecule has 0 amide bonds. The van der Waals surface area contributed by atoms with Crippen molar-refractivity contribution >= 4 is 23.4 Å². The number of halogens is 1. The third-order valence-electron chi connectivity index (χ3n) is 2.35. The zero-order valence-corrected chi connectivity index (χ0v) is 10.9. The lowest BCUT2D eigenvalue weighted by molar-refractivity contribution is 0.648. The lowest BCUT2D eigenvalue weighted by Crippen LogP contribution is -2.17. The van der Waals surface area contributed by atoms with Crippen molar-refractivity contribution in [1.29, 1.82) is 0 Å². The SMILES string of the molecule is CSC(C)CCNCc1cccc(Cl)c1. The minimum absolute atomic E-state index is 0.733. The second kappa shape index (κ2) is 7.15. The smallest absolute Gasteiger partial charge is 0.0409 e. The van der Waals surface area contributed by atoms with Crippen LogP contribution in [0, 0.1) is 0 Å². The number of benzene rings is 1. The van der Waals surface area contributed by atoms with Crippen LogP contribution in [0.5, 0.6) is 0 Å². The molecule has 1 aromatic rings. The first-order chi connectivity index (χ1) is 7.22. The van der Waals surface area contributed by atoms with Gasteiger partial charge in [0.25, 0.3) is 0 Å². The van der Waals surface area contributed by atoms with Gasteiger partial charge in [0.15, 0.2) is 0 Å². The number of hydrogen-bond acceptors (Lipinski definition) is 2. The van der Waals surface area contributed by atoms with Crippen molar-refractivity contribution in [2.45, 2.75) is 25.1 Å². The van der Waals surface area contributed by atoms with Crippen LogP contribution in [-0.4, -0.2) is 18.1 Å². The maximum atomic E-state index is 5.90. The second-order valence-electron chi connectivity index (χ2n) is 3.64. The molecule has 0 saturated carbocycles. The van der Waals surface area contributed by atoms with Crippen LogP contribution in [0.25, 0.3) is 0 Å². The van der Waals surface area contributed by atoms with E-state index in [1.165, 1.54) is 12.0 Å². The standard InChI is InChI=1S/C12H18ClNS/c1-10(15-2)6-7-14-9-11-4-3-5-12(13)8-11/h3-5,8,10,14H,6-7,9H2,1-2H3. The summed E-state index contributed by atoms with van der Waals surface area (Å²) in [4.78, 5) is 0. The van der Waals surface area contributed by atoms with E-state index in [0.717, 1.165) is 23.4 Å². The van der Waals surface area contributed by atoms with Crippen molar-refractivity contribution < 1.29 is 0 Å². The van der Waals surface area contributed by atoms with Crippen LogP contribution < -0.4 is 5.32 Å². The Morgan fingerprint density at radius 3 is 2.93 bits per heavy atom. The number of rotatable bonds is 6. The van der Waals surface area contributed by atoms with Gasteiger partial charge in [-0.05, 0) is 36.9 Å². The molecule has 0 aliphatic carbocycles. The van der Waals surface area contributed by atoms with E-state index in [4.69, 9.17) is 11.6 Å². The van der Waals surface area contributed by atoms with E-state index in [0.29, 0.717) is 0 Å². The normalized spacial score (nSPS) is 12.7. The molecule has 0 radical (unpaired) electrons. The molecule has 1 aromatic carbocycles. The van der Waals surface area contributed by atoms with Crippen molar-refractivity contribution in [3.63, 3.8) is 0 Å². The van der Waals surface area contributed by atoms with Crippen molar-refractivity contribution in [1.82, 2.24) is 5.32 Å². The Labute approximate surface area is 102 Å². The van der Waals surface area contributed by atoms with Gasteiger partial charge in [0, 0.05) is 16.8 Å². The van der Waals surface area contributed by atoms with Crippen LogP contribution in [0.1, 0.15) is 18.9 Å². The molecule has 0 bridgehead atoms. The van der Waals surface area contributed by atoms with Crippen LogP contribution >= 0.6 is 23.4 Å². The summed E-state index contributed by atoms with van der Waals surface area (Å²) in [6.07, 6.45) is 3.36. The summed E-state index contributed by atoms with van der Waals surface area (Å²) in [6.45, 7) is 4.22. The summed E-state index contributed by atoms with van der Waals surface area (Å²) in [5, 5.41) is 4.97. The molecular weight excluding hydrogens is 226 g/mol. The van der Waals surface area contributed by atoms with Gasteiger partial charge in [-0.3, -0.25) is 0 Å².